The summed E-state index contributed by atoms with van der Waals surface area (Å²) < 4.78 is 46.1. The van der Waals surface area contributed by atoms with Crippen molar-refractivity contribution in [3.8, 4) is 0 Å². The minimum absolute atomic E-state index is 0.0117. The maximum atomic E-state index is 14.3. The van der Waals surface area contributed by atoms with Crippen LogP contribution < -0.4 is 0 Å². The molecule has 0 fully saturated rings. The summed E-state index contributed by atoms with van der Waals surface area (Å²) in [5, 5.41) is 11.0. The average molecular weight is 358 g/mol. The lowest BCUT2D eigenvalue weighted by Gasteiger charge is -2.12. The Kier molecular flexibility index (Phi) is 6.54. The van der Waals surface area contributed by atoms with E-state index in [1.165, 1.54) is 6.08 Å². The van der Waals surface area contributed by atoms with E-state index >= 15 is 0 Å². The normalized spacial score (nSPS) is 12.0. The highest BCUT2D eigenvalue weighted by Crippen LogP contribution is 2.32. The Morgan fingerprint density at radius 1 is 1.32 bits per heavy atom. The van der Waals surface area contributed by atoms with E-state index in [1.807, 2.05) is 0 Å². The van der Waals surface area contributed by atoms with Crippen molar-refractivity contribution >= 4 is 23.7 Å². The van der Waals surface area contributed by atoms with E-state index in [2.05, 4.69) is 16.3 Å². The summed E-state index contributed by atoms with van der Waals surface area (Å²) in [6.45, 7) is 4.14. The lowest BCUT2D eigenvalue weighted by atomic mass is 9.94. The van der Waals surface area contributed by atoms with Gasteiger partial charge in [0.1, 0.15) is 11.4 Å². The first-order valence-corrected chi connectivity index (χ1v) is 6.73. The Labute approximate surface area is 140 Å². The third-order valence-corrected chi connectivity index (χ3v) is 3.17. The number of hydrogen-bond acceptors (Lipinski definition) is 6. The molecular formula is C15H13F3N2O5. The molecule has 0 spiro atoms. The van der Waals surface area contributed by atoms with Gasteiger partial charge in [0.05, 0.1) is 18.6 Å². The van der Waals surface area contributed by atoms with Crippen molar-refractivity contribution in [3.05, 3.63) is 51.3 Å². The molecule has 0 saturated heterocycles. The lowest BCUT2D eigenvalue weighted by Crippen LogP contribution is -2.29. The van der Waals surface area contributed by atoms with Crippen LogP contribution >= 0.6 is 0 Å². The summed E-state index contributed by atoms with van der Waals surface area (Å²) in [7, 11) is 0.922. The van der Waals surface area contributed by atoms with Gasteiger partial charge in [-0.15, -0.1) is 6.58 Å². The van der Waals surface area contributed by atoms with Gasteiger partial charge in [-0.05, 0) is 6.92 Å². The second-order valence-corrected chi connectivity index (χ2v) is 4.72. The fourth-order valence-electron chi connectivity index (χ4n) is 1.92. The quantitative estimate of drug-likeness (QED) is 0.109. The third-order valence-electron chi connectivity index (χ3n) is 3.17. The van der Waals surface area contributed by atoms with E-state index < -0.39 is 56.9 Å². The number of nitrogens with zero attached hydrogens (tertiary/aromatic N) is 2. The molecule has 1 rings (SSSR count). The zero-order chi connectivity index (χ0) is 19.3. The van der Waals surface area contributed by atoms with Crippen LogP contribution in [0.4, 0.5) is 18.9 Å². The summed E-state index contributed by atoms with van der Waals surface area (Å²) in [6.07, 6.45) is 2.09. The molecule has 1 atom stereocenters. The fraction of sp³-hybridized carbons (Fsp3) is 0.267. The molecule has 0 N–H and O–H groups in total. The molecule has 0 radical (unpaired) electrons. The molecule has 0 amide bonds. The molecule has 0 heterocycles. The van der Waals surface area contributed by atoms with Crippen molar-refractivity contribution in [1.82, 2.24) is 0 Å². The fourth-order valence-corrected chi connectivity index (χ4v) is 1.92. The van der Waals surface area contributed by atoms with Crippen molar-refractivity contribution < 1.29 is 32.4 Å². The van der Waals surface area contributed by atoms with E-state index in [9.17, 15) is 32.9 Å². The molecule has 134 valence electrons. The molecule has 1 unspecified atom stereocenters. The number of nitro benzene ring substituents is 1. The minimum atomic E-state index is -2.00. The van der Waals surface area contributed by atoms with Gasteiger partial charge in [-0.25, -0.2) is 8.78 Å². The van der Waals surface area contributed by atoms with Crippen molar-refractivity contribution in [2.45, 2.75) is 6.92 Å². The number of esters is 1. The topological polar surface area (TPSA) is 98.9 Å². The van der Waals surface area contributed by atoms with E-state index in [0.717, 1.165) is 20.2 Å². The van der Waals surface area contributed by atoms with Crippen molar-refractivity contribution in [2.75, 3.05) is 13.7 Å². The van der Waals surface area contributed by atoms with Crippen LogP contribution in [0.25, 0.3) is 0 Å². The van der Waals surface area contributed by atoms with Crippen LogP contribution in [0.1, 0.15) is 15.9 Å². The maximum Gasteiger partial charge on any atom is 0.322 e. The molecule has 1 aromatic carbocycles. The smallest absolute Gasteiger partial charge is 0.322 e. The van der Waals surface area contributed by atoms with Gasteiger partial charge in [0.25, 0.3) is 0 Å². The minimum Gasteiger partial charge on any atom is -0.468 e. The van der Waals surface area contributed by atoms with Gasteiger partial charge in [-0.3, -0.25) is 24.7 Å². The van der Waals surface area contributed by atoms with Gasteiger partial charge >= 0.3 is 11.7 Å². The van der Waals surface area contributed by atoms with Crippen LogP contribution in [0, 0.1) is 40.4 Å². The first kappa shape index (κ1) is 20.0. The first-order valence-electron chi connectivity index (χ1n) is 6.73. The van der Waals surface area contributed by atoms with Gasteiger partial charge in [0.2, 0.25) is 5.82 Å². The Hall–Kier alpha value is -3.04. The first-order chi connectivity index (χ1) is 11.7. The van der Waals surface area contributed by atoms with Gasteiger partial charge in [-0.1, -0.05) is 6.08 Å². The van der Waals surface area contributed by atoms with Crippen LogP contribution in [0.2, 0.25) is 0 Å². The monoisotopic (exact) mass is 358 g/mol. The average Bonchev–Trinajstić information content (AvgIpc) is 2.58. The molecule has 0 aliphatic heterocycles. The van der Waals surface area contributed by atoms with E-state index in [4.69, 9.17) is 0 Å². The summed E-state index contributed by atoms with van der Waals surface area (Å²) in [4.78, 5) is 37.4. The highest BCUT2D eigenvalue weighted by atomic mass is 19.2. The molecule has 7 nitrogen and oxygen atoms in total. The Morgan fingerprint density at radius 2 is 1.92 bits per heavy atom. The van der Waals surface area contributed by atoms with Crippen molar-refractivity contribution in [3.63, 3.8) is 0 Å². The number of Topliss-reactive ketones (excluding diaryl/α,β-unsaturated/α-hetero) is 1. The predicted octanol–water partition coefficient (Wildman–Crippen LogP) is 2.55. The second-order valence-electron chi connectivity index (χ2n) is 4.72. The number of methoxy groups -OCH3 is 1. The van der Waals surface area contributed by atoms with E-state index in [-0.39, 0.29) is 6.54 Å². The zero-order valence-corrected chi connectivity index (χ0v) is 13.2. The highest BCUT2D eigenvalue weighted by molar-refractivity contribution is 6.20. The van der Waals surface area contributed by atoms with Gasteiger partial charge < -0.3 is 4.74 Å². The molecular weight excluding hydrogens is 345 g/mol. The number of rotatable bonds is 7. The van der Waals surface area contributed by atoms with Crippen LogP contribution in [-0.2, 0) is 9.53 Å². The number of hydrogen-bond donors (Lipinski definition) is 0. The van der Waals surface area contributed by atoms with E-state index in [0.29, 0.717) is 0 Å². The zero-order valence-electron chi connectivity index (χ0n) is 13.2. The molecule has 0 aromatic heterocycles. The molecule has 10 heteroatoms. The number of ketones is 1. The van der Waals surface area contributed by atoms with Crippen LogP contribution in [0.3, 0.4) is 0 Å². The maximum absolute atomic E-state index is 14.3. The van der Waals surface area contributed by atoms with Crippen molar-refractivity contribution in [2.24, 2.45) is 10.9 Å². The standard InChI is InChI=1S/C15H13F3N2O5/c1-4-5-19-6-8(15(22)25-3)14(21)9-10(16)7(2)11(17)12(18)13(9)20(23)24/h4,6,8H,1,5H2,2-3H3. The summed E-state index contributed by atoms with van der Waals surface area (Å²) >= 11 is 0. The number of carbonyl (C=O) groups excluding carboxylic acids is 2. The number of aliphatic imine (C=N–C) groups is 1. The Bertz CT molecular complexity index is 777. The molecule has 25 heavy (non-hydrogen) atoms. The van der Waals surface area contributed by atoms with Crippen LogP contribution in [0.5, 0.6) is 0 Å². The Balaban J connectivity index is 3.66. The Morgan fingerprint density at radius 3 is 2.40 bits per heavy atom. The molecule has 0 aliphatic rings. The molecule has 0 aliphatic carbocycles. The molecule has 0 bridgehead atoms. The second kappa shape index (κ2) is 8.18. The molecule has 1 aromatic rings. The van der Waals surface area contributed by atoms with E-state index in [1.54, 1.807) is 0 Å². The molecule has 0 saturated carbocycles. The van der Waals surface area contributed by atoms with Gasteiger partial charge in [-0.2, -0.15) is 4.39 Å². The predicted molar refractivity (Wildman–Crippen MR) is 81.1 cm³/mol. The highest BCUT2D eigenvalue weighted by Gasteiger charge is 2.39. The van der Waals surface area contributed by atoms with Gasteiger partial charge in [0, 0.05) is 11.8 Å². The number of halogens is 3. The van der Waals surface area contributed by atoms with Crippen molar-refractivity contribution in [1.29, 1.82) is 0 Å². The summed E-state index contributed by atoms with van der Waals surface area (Å²) in [5.41, 5.74) is -3.99. The van der Waals surface area contributed by atoms with Crippen LogP contribution in [0.15, 0.2) is 17.6 Å². The summed E-state index contributed by atoms with van der Waals surface area (Å²) in [6, 6.07) is 0. The van der Waals surface area contributed by atoms with Crippen LogP contribution in [-0.4, -0.2) is 36.5 Å². The number of benzene rings is 1. The number of ether oxygens (including phenoxy) is 1. The number of carbonyl (C=O) groups is 2. The third kappa shape index (κ3) is 3.90. The largest absolute Gasteiger partial charge is 0.468 e. The van der Waals surface area contributed by atoms with Gasteiger partial charge in [0.15, 0.2) is 17.5 Å². The summed E-state index contributed by atoms with van der Waals surface area (Å²) in [5.74, 6) is -9.99. The lowest BCUT2D eigenvalue weighted by molar-refractivity contribution is -0.388. The SMILES string of the molecule is C=CCN=CC(C(=O)OC)C(=O)c1c(F)c(C)c(F)c(F)c1[N+](=O)[O-]. The number of nitro groups is 1.